The third-order valence-corrected chi connectivity index (χ3v) is 6.51. The third-order valence-electron chi connectivity index (χ3n) is 4.71. The van der Waals surface area contributed by atoms with Gasteiger partial charge in [-0.2, -0.15) is 4.31 Å². The zero-order valence-electron chi connectivity index (χ0n) is 18.3. The average Bonchev–Trinajstić information content (AvgIpc) is 2.80. The summed E-state index contributed by atoms with van der Waals surface area (Å²) in [6.45, 7) is 1.06. The van der Waals surface area contributed by atoms with E-state index in [9.17, 15) is 18.0 Å². The average molecular weight is 468 g/mol. The molecule has 2 N–H and O–H groups in total. The Morgan fingerprint density at radius 1 is 0.848 bits per heavy atom. The predicted octanol–water partition coefficient (Wildman–Crippen LogP) is 3.48. The molecule has 0 unspecified atom stereocenters. The number of amides is 2. The highest BCUT2D eigenvalue weighted by atomic mass is 32.2. The molecule has 8 nitrogen and oxygen atoms in total. The predicted molar refractivity (Wildman–Crippen MR) is 126 cm³/mol. The van der Waals surface area contributed by atoms with Gasteiger partial charge in [-0.25, -0.2) is 8.42 Å². The van der Waals surface area contributed by atoms with Gasteiger partial charge in [0.2, 0.25) is 21.8 Å². The molecule has 0 saturated carbocycles. The second-order valence-electron chi connectivity index (χ2n) is 7.24. The number of benzene rings is 3. The Bertz CT molecular complexity index is 1200. The smallest absolute Gasteiger partial charge is 0.243 e. The third kappa shape index (κ3) is 6.64. The summed E-state index contributed by atoms with van der Waals surface area (Å²) in [5.41, 5.74) is 1.82. The van der Waals surface area contributed by atoms with Crippen LogP contribution in [0, 0.1) is 0 Å². The van der Waals surface area contributed by atoms with Crippen LogP contribution < -0.4 is 15.4 Å². The summed E-state index contributed by atoms with van der Waals surface area (Å²) in [5, 5.41) is 5.35. The number of rotatable bonds is 9. The fourth-order valence-corrected chi connectivity index (χ4v) is 4.49. The Kier molecular flexibility index (Phi) is 7.81. The van der Waals surface area contributed by atoms with Gasteiger partial charge in [-0.1, -0.05) is 30.3 Å². The van der Waals surface area contributed by atoms with Crippen LogP contribution in [-0.4, -0.2) is 38.2 Å². The molecule has 0 aliphatic carbocycles. The number of methoxy groups -OCH3 is 1. The van der Waals surface area contributed by atoms with Crippen molar-refractivity contribution < 1.29 is 22.7 Å². The minimum atomic E-state index is -3.96. The summed E-state index contributed by atoms with van der Waals surface area (Å²) in [6, 6.07) is 21.6. The molecule has 0 atom stereocenters. The van der Waals surface area contributed by atoms with Crippen LogP contribution in [-0.2, 0) is 26.2 Å². The van der Waals surface area contributed by atoms with Gasteiger partial charge in [-0.15, -0.1) is 0 Å². The second kappa shape index (κ2) is 10.8. The molecule has 2 amide bonds. The van der Waals surface area contributed by atoms with Crippen molar-refractivity contribution in [2.45, 2.75) is 18.4 Å². The lowest BCUT2D eigenvalue weighted by Gasteiger charge is -2.22. The largest absolute Gasteiger partial charge is 0.497 e. The van der Waals surface area contributed by atoms with Crippen LogP contribution in [0.2, 0.25) is 0 Å². The molecule has 0 aromatic heterocycles. The van der Waals surface area contributed by atoms with Gasteiger partial charge in [0.25, 0.3) is 0 Å². The topological polar surface area (TPSA) is 105 Å². The zero-order valence-corrected chi connectivity index (χ0v) is 19.1. The normalized spacial score (nSPS) is 11.1. The molecule has 0 aliphatic rings. The lowest BCUT2D eigenvalue weighted by Crippen LogP contribution is -2.37. The van der Waals surface area contributed by atoms with Crippen molar-refractivity contribution in [3.63, 3.8) is 0 Å². The van der Waals surface area contributed by atoms with Gasteiger partial charge in [-0.05, 0) is 54.1 Å². The van der Waals surface area contributed by atoms with E-state index in [4.69, 9.17) is 4.74 Å². The molecular formula is C24H25N3O5S. The molecule has 0 aliphatic heterocycles. The molecule has 3 aromatic carbocycles. The van der Waals surface area contributed by atoms with Crippen molar-refractivity contribution >= 4 is 33.2 Å². The van der Waals surface area contributed by atoms with Crippen molar-refractivity contribution in [2.75, 3.05) is 24.3 Å². The van der Waals surface area contributed by atoms with E-state index in [-0.39, 0.29) is 23.9 Å². The number of hydrogen-bond acceptors (Lipinski definition) is 5. The molecule has 0 saturated heterocycles. The SMILES string of the molecule is COc1ccc(S(=O)(=O)N(CC(=O)Nc2ccc(NC(C)=O)cc2)Cc2ccccc2)cc1. The van der Waals surface area contributed by atoms with Gasteiger partial charge < -0.3 is 15.4 Å². The van der Waals surface area contributed by atoms with Crippen molar-refractivity contribution in [1.82, 2.24) is 4.31 Å². The van der Waals surface area contributed by atoms with Gasteiger partial charge in [-0.3, -0.25) is 9.59 Å². The quantitative estimate of drug-likeness (QED) is 0.501. The number of anilines is 2. The van der Waals surface area contributed by atoms with Crippen LogP contribution >= 0.6 is 0 Å². The first-order valence-corrected chi connectivity index (χ1v) is 11.6. The van der Waals surface area contributed by atoms with E-state index in [0.717, 1.165) is 9.87 Å². The summed E-state index contributed by atoms with van der Waals surface area (Å²) >= 11 is 0. The highest BCUT2D eigenvalue weighted by Gasteiger charge is 2.27. The molecule has 172 valence electrons. The van der Waals surface area contributed by atoms with Crippen molar-refractivity contribution in [3.05, 3.63) is 84.4 Å². The molecule has 0 bridgehead atoms. The maximum atomic E-state index is 13.3. The maximum Gasteiger partial charge on any atom is 0.243 e. The molecular weight excluding hydrogens is 442 g/mol. The Balaban J connectivity index is 1.80. The Labute approximate surface area is 193 Å². The highest BCUT2D eigenvalue weighted by molar-refractivity contribution is 7.89. The number of sulfonamides is 1. The van der Waals surface area contributed by atoms with Crippen LogP contribution in [0.15, 0.2) is 83.8 Å². The molecule has 3 rings (SSSR count). The number of carbonyl (C=O) groups excluding carboxylic acids is 2. The summed E-state index contributed by atoms with van der Waals surface area (Å²) in [6.07, 6.45) is 0. The molecule has 3 aromatic rings. The molecule has 9 heteroatoms. The number of nitrogens with one attached hydrogen (secondary N) is 2. The zero-order chi connectivity index (χ0) is 23.8. The van der Waals surface area contributed by atoms with E-state index in [0.29, 0.717) is 17.1 Å². The monoisotopic (exact) mass is 467 g/mol. The van der Waals surface area contributed by atoms with Crippen LogP contribution in [0.1, 0.15) is 12.5 Å². The number of nitrogens with zero attached hydrogens (tertiary/aromatic N) is 1. The van der Waals surface area contributed by atoms with Gasteiger partial charge in [0, 0.05) is 24.8 Å². The summed E-state index contributed by atoms with van der Waals surface area (Å²) < 4.78 is 32.9. The highest BCUT2D eigenvalue weighted by Crippen LogP contribution is 2.22. The molecule has 0 spiro atoms. The van der Waals surface area contributed by atoms with Gasteiger partial charge in [0.05, 0.1) is 18.6 Å². The van der Waals surface area contributed by atoms with E-state index in [2.05, 4.69) is 10.6 Å². The van der Waals surface area contributed by atoms with Gasteiger partial charge in [0.1, 0.15) is 5.75 Å². The van der Waals surface area contributed by atoms with Crippen LogP contribution in [0.5, 0.6) is 5.75 Å². The van der Waals surface area contributed by atoms with E-state index in [1.165, 1.54) is 26.2 Å². The van der Waals surface area contributed by atoms with Crippen LogP contribution in [0.3, 0.4) is 0 Å². The molecule has 0 radical (unpaired) electrons. The summed E-state index contributed by atoms with van der Waals surface area (Å²) in [4.78, 5) is 24.0. The lowest BCUT2D eigenvalue weighted by atomic mass is 10.2. The van der Waals surface area contributed by atoms with Crippen molar-refractivity contribution in [1.29, 1.82) is 0 Å². The van der Waals surface area contributed by atoms with Crippen LogP contribution in [0.25, 0.3) is 0 Å². The Hall–Kier alpha value is -3.69. The fraction of sp³-hybridized carbons (Fsp3) is 0.167. The maximum absolute atomic E-state index is 13.3. The fourth-order valence-electron chi connectivity index (χ4n) is 3.11. The standard InChI is InChI=1S/C24H25N3O5S/c1-18(28)25-20-8-10-21(11-9-20)26-24(29)17-27(16-19-6-4-3-5-7-19)33(30,31)23-14-12-22(32-2)13-15-23/h3-15H,16-17H2,1-2H3,(H,25,28)(H,26,29). The number of hydrogen-bond donors (Lipinski definition) is 2. The van der Waals surface area contributed by atoms with Gasteiger partial charge >= 0.3 is 0 Å². The first-order valence-electron chi connectivity index (χ1n) is 10.1. The summed E-state index contributed by atoms with van der Waals surface area (Å²) in [7, 11) is -2.46. The molecule has 0 heterocycles. The molecule has 0 fully saturated rings. The van der Waals surface area contributed by atoms with E-state index in [1.54, 1.807) is 48.5 Å². The minimum Gasteiger partial charge on any atom is -0.497 e. The van der Waals surface area contributed by atoms with Crippen LogP contribution in [0.4, 0.5) is 11.4 Å². The number of carbonyl (C=O) groups is 2. The second-order valence-corrected chi connectivity index (χ2v) is 9.18. The first kappa shape index (κ1) is 24.0. The molecule has 33 heavy (non-hydrogen) atoms. The van der Waals surface area contributed by atoms with Crippen molar-refractivity contribution in [3.8, 4) is 5.75 Å². The minimum absolute atomic E-state index is 0.0318. The lowest BCUT2D eigenvalue weighted by molar-refractivity contribution is -0.116. The first-order chi connectivity index (χ1) is 15.8. The Morgan fingerprint density at radius 3 is 1.97 bits per heavy atom. The number of ether oxygens (including phenoxy) is 1. The van der Waals surface area contributed by atoms with Gasteiger partial charge in [0.15, 0.2) is 0 Å². The van der Waals surface area contributed by atoms with Crippen molar-refractivity contribution in [2.24, 2.45) is 0 Å². The van der Waals surface area contributed by atoms with E-state index >= 15 is 0 Å². The Morgan fingerprint density at radius 2 is 1.42 bits per heavy atom. The van der Waals surface area contributed by atoms with E-state index in [1.807, 2.05) is 18.2 Å². The summed E-state index contributed by atoms with van der Waals surface area (Å²) in [5.74, 6) is -0.161. The van der Waals surface area contributed by atoms with E-state index < -0.39 is 15.9 Å².